The van der Waals surface area contributed by atoms with E-state index in [1.165, 1.54) is 25.7 Å². The Balaban J connectivity index is 1.62. The van der Waals surface area contributed by atoms with Crippen LogP contribution in [0.15, 0.2) is 24.3 Å². The smallest absolute Gasteiger partial charge is 0.220 e. The summed E-state index contributed by atoms with van der Waals surface area (Å²) in [6, 6.07) is 7.81. The Labute approximate surface area is 127 Å². The maximum absolute atomic E-state index is 11.9. The number of amides is 1. The van der Waals surface area contributed by atoms with Gasteiger partial charge in [-0.05, 0) is 31.4 Å². The minimum Gasteiger partial charge on any atom is -0.491 e. The first-order chi connectivity index (χ1) is 10.3. The summed E-state index contributed by atoms with van der Waals surface area (Å²) in [5, 5.41) is 3.15. The second-order valence-corrected chi connectivity index (χ2v) is 5.75. The Morgan fingerprint density at radius 1 is 1.19 bits per heavy atom. The fraction of sp³-hybridized carbons (Fsp3) is 0.588. The first-order valence-electron chi connectivity index (χ1n) is 8.02. The second kappa shape index (κ2) is 8.55. The topological polar surface area (TPSA) is 64.3 Å². The van der Waals surface area contributed by atoms with Crippen LogP contribution in [0.25, 0.3) is 0 Å². The van der Waals surface area contributed by atoms with Gasteiger partial charge in [0.25, 0.3) is 0 Å². The van der Waals surface area contributed by atoms with E-state index in [2.05, 4.69) is 5.32 Å². The third-order valence-corrected chi connectivity index (χ3v) is 3.95. The van der Waals surface area contributed by atoms with Crippen molar-refractivity contribution in [1.29, 1.82) is 0 Å². The molecule has 0 unspecified atom stereocenters. The Hall–Kier alpha value is -1.71. The first kappa shape index (κ1) is 15.7. The molecule has 0 heterocycles. The molecule has 4 nitrogen and oxygen atoms in total. The predicted octanol–water partition coefficient (Wildman–Crippen LogP) is 3.27. The number of nitrogens with one attached hydrogen (secondary N) is 1. The minimum absolute atomic E-state index is 0.145. The molecule has 0 bridgehead atoms. The largest absolute Gasteiger partial charge is 0.491 e. The summed E-state index contributed by atoms with van der Waals surface area (Å²) in [4.78, 5) is 11.9. The molecule has 2 rings (SSSR count). The zero-order valence-corrected chi connectivity index (χ0v) is 12.6. The molecule has 0 aromatic heterocycles. The number of hydrogen-bond acceptors (Lipinski definition) is 3. The van der Waals surface area contributed by atoms with Crippen LogP contribution < -0.4 is 15.8 Å². The molecule has 0 atom stereocenters. The molecule has 1 aliphatic rings. The van der Waals surface area contributed by atoms with Crippen molar-refractivity contribution in [2.24, 2.45) is 0 Å². The van der Waals surface area contributed by atoms with Gasteiger partial charge < -0.3 is 15.8 Å². The van der Waals surface area contributed by atoms with Crippen LogP contribution in [0.4, 0.5) is 5.69 Å². The summed E-state index contributed by atoms with van der Waals surface area (Å²) in [5.74, 6) is 0.841. The van der Waals surface area contributed by atoms with E-state index in [9.17, 15) is 4.79 Å². The van der Waals surface area contributed by atoms with Crippen LogP contribution in [0.5, 0.6) is 5.75 Å². The average Bonchev–Trinajstić information content (AvgIpc) is 2.74. The molecule has 0 radical (unpaired) electrons. The van der Waals surface area contributed by atoms with E-state index in [0.717, 1.165) is 12.8 Å². The highest BCUT2D eigenvalue weighted by atomic mass is 16.5. The molecule has 0 saturated heterocycles. The lowest BCUT2D eigenvalue weighted by Gasteiger charge is -2.16. The molecule has 1 fully saturated rings. The Bertz CT molecular complexity index is 440. The number of carbonyl (C=O) groups is 1. The number of nitrogen functional groups attached to an aromatic ring is 1. The molecule has 1 amide bonds. The molecule has 1 aromatic rings. The molecule has 21 heavy (non-hydrogen) atoms. The van der Waals surface area contributed by atoms with Crippen molar-refractivity contribution >= 4 is 11.6 Å². The number of benzene rings is 1. The fourth-order valence-electron chi connectivity index (χ4n) is 2.75. The van der Waals surface area contributed by atoms with E-state index >= 15 is 0 Å². The normalized spacial score (nSPS) is 16.2. The lowest BCUT2D eigenvalue weighted by Crippen LogP contribution is -2.34. The van der Waals surface area contributed by atoms with E-state index in [-0.39, 0.29) is 5.91 Å². The summed E-state index contributed by atoms with van der Waals surface area (Å²) in [6.07, 6.45) is 8.57. The maximum atomic E-state index is 11.9. The van der Waals surface area contributed by atoms with Gasteiger partial charge in [0.05, 0.1) is 12.3 Å². The first-order valence-corrected chi connectivity index (χ1v) is 8.02. The summed E-state index contributed by atoms with van der Waals surface area (Å²) >= 11 is 0. The summed E-state index contributed by atoms with van der Waals surface area (Å²) < 4.78 is 5.59. The van der Waals surface area contributed by atoms with Crippen LogP contribution in [0.1, 0.15) is 51.4 Å². The van der Waals surface area contributed by atoms with Gasteiger partial charge in [-0.15, -0.1) is 0 Å². The maximum Gasteiger partial charge on any atom is 0.220 e. The van der Waals surface area contributed by atoms with Gasteiger partial charge in [-0.25, -0.2) is 0 Å². The van der Waals surface area contributed by atoms with Crippen LogP contribution in [0, 0.1) is 0 Å². The van der Waals surface area contributed by atoms with Gasteiger partial charge in [-0.1, -0.05) is 37.8 Å². The van der Waals surface area contributed by atoms with Crippen molar-refractivity contribution in [3.63, 3.8) is 0 Å². The zero-order chi connectivity index (χ0) is 14.9. The molecule has 1 aliphatic carbocycles. The van der Waals surface area contributed by atoms with Crippen molar-refractivity contribution in [3.05, 3.63) is 24.3 Å². The Kier molecular flexibility index (Phi) is 6.38. The molecule has 0 spiro atoms. The highest BCUT2D eigenvalue weighted by Crippen LogP contribution is 2.20. The summed E-state index contributed by atoms with van der Waals surface area (Å²) in [6.45, 7) is 0.520. The molecule has 4 heteroatoms. The van der Waals surface area contributed by atoms with Gasteiger partial charge in [0.2, 0.25) is 5.91 Å². The molecule has 1 aromatic carbocycles. The quantitative estimate of drug-likeness (QED) is 0.480. The van der Waals surface area contributed by atoms with Gasteiger partial charge in [0.15, 0.2) is 0 Å². The number of rotatable bonds is 6. The van der Waals surface area contributed by atoms with Crippen LogP contribution in [0.3, 0.4) is 0 Å². The molecule has 116 valence electrons. The molecule has 0 aliphatic heterocycles. The zero-order valence-electron chi connectivity index (χ0n) is 12.6. The molecular weight excluding hydrogens is 264 g/mol. The third kappa shape index (κ3) is 5.66. The fourth-order valence-corrected chi connectivity index (χ4v) is 2.75. The van der Waals surface area contributed by atoms with Crippen molar-refractivity contribution in [2.75, 3.05) is 12.3 Å². The van der Waals surface area contributed by atoms with E-state index in [4.69, 9.17) is 10.5 Å². The Morgan fingerprint density at radius 2 is 1.90 bits per heavy atom. The SMILES string of the molecule is Nc1ccccc1OCCCC(=O)NC1CCCCCC1. The van der Waals surface area contributed by atoms with E-state index in [0.29, 0.717) is 36.9 Å². The standard InChI is InChI=1S/C17H26N2O2/c18-15-10-5-6-11-16(15)21-13-7-12-17(20)19-14-8-3-1-2-4-9-14/h5-6,10-11,14H,1-4,7-9,12-13,18H2,(H,19,20). The van der Waals surface area contributed by atoms with Gasteiger partial charge in [0.1, 0.15) is 5.75 Å². The predicted molar refractivity (Wildman–Crippen MR) is 85.2 cm³/mol. The average molecular weight is 290 g/mol. The minimum atomic E-state index is 0.145. The number of anilines is 1. The van der Waals surface area contributed by atoms with E-state index < -0.39 is 0 Å². The van der Waals surface area contributed by atoms with Crippen LogP contribution in [-0.2, 0) is 4.79 Å². The molecule has 1 saturated carbocycles. The van der Waals surface area contributed by atoms with Gasteiger partial charge in [-0.3, -0.25) is 4.79 Å². The Morgan fingerprint density at radius 3 is 2.62 bits per heavy atom. The highest BCUT2D eigenvalue weighted by Gasteiger charge is 2.14. The van der Waals surface area contributed by atoms with Gasteiger partial charge in [0, 0.05) is 12.5 Å². The van der Waals surface area contributed by atoms with Crippen molar-refractivity contribution < 1.29 is 9.53 Å². The number of hydrogen-bond donors (Lipinski definition) is 2. The summed E-state index contributed by atoms with van der Waals surface area (Å²) in [5.41, 5.74) is 6.44. The van der Waals surface area contributed by atoms with Crippen molar-refractivity contribution in [2.45, 2.75) is 57.4 Å². The van der Waals surface area contributed by atoms with Crippen LogP contribution in [-0.4, -0.2) is 18.6 Å². The van der Waals surface area contributed by atoms with E-state index in [1.54, 1.807) is 0 Å². The monoisotopic (exact) mass is 290 g/mol. The number of para-hydroxylation sites is 2. The lowest BCUT2D eigenvalue weighted by atomic mass is 10.1. The molecule has 3 N–H and O–H groups in total. The number of nitrogens with two attached hydrogens (primary N) is 1. The van der Waals surface area contributed by atoms with Crippen molar-refractivity contribution in [3.8, 4) is 5.75 Å². The number of ether oxygens (including phenoxy) is 1. The van der Waals surface area contributed by atoms with Gasteiger partial charge in [-0.2, -0.15) is 0 Å². The van der Waals surface area contributed by atoms with Crippen LogP contribution >= 0.6 is 0 Å². The molecular formula is C17H26N2O2. The second-order valence-electron chi connectivity index (χ2n) is 5.75. The lowest BCUT2D eigenvalue weighted by molar-refractivity contribution is -0.122. The highest BCUT2D eigenvalue weighted by molar-refractivity contribution is 5.76. The van der Waals surface area contributed by atoms with Crippen molar-refractivity contribution in [1.82, 2.24) is 5.32 Å². The third-order valence-electron chi connectivity index (χ3n) is 3.95. The van der Waals surface area contributed by atoms with Gasteiger partial charge >= 0.3 is 0 Å². The van der Waals surface area contributed by atoms with Crippen LogP contribution in [0.2, 0.25) is 0 Å². The number of carbonyl (C=O) groups excluding carboxylic acids is 1. The van der Waals surface area contributed by atoms with E-state index in [1.807, 2.05) is 24.3 Å². The summed E-state index contributed by atoms with van der Waals surface area (Å²) in [7, 11) is 0.